The van der Waals surface area contributed by atoms with Crippen LogP contribution in [-0.2, 0) is 4.79 Å². The maximum atomic E-state index is 11.7. The van der Waals surface area contributed by atoms with Crippen LogP contribution in [0.5, 0.6) is 0 Å². The number of carbonyl (C=O) groups is 2. The molecule has 1 rings (SSSR count). The Hall–Kier alpha value is -1.75. The molecule has 98 valence electrons. The third-order valence-corrected chi connectivity index (χ3v) is 2.64. The Morgan fingerprint density at radius 2 is 1.94 bits per heavy atom. The number of aryl methyl sites for hydroxylation is 1. The van der Waals surface area contributed by atoms with Gasteiger partial charge in [-0.15, -0.1) is 0 Å². The van der Waals surface area contributed by atoms with Crippen LogP contribution in [0.1, 0.15) is 19.4 Å². The summed E-state index contributed by atoms with van der Waals surface area (Å²) in [5.41, 5.74) is 0.0418. The van der Waals surface area contributed by atoms with Crippen molar-refractivity contribution in [3.05, 3.63) is 28.8 Å². The van der Waals surface area contributed by atoms with E-state index < -0.39 is 17.5 Å². The summed E-state index contributed by atoms with van der Waals surface area (Å²) >= 11 is 5.82. The van der Waals surface area contributed by atoms with Gasteiger partial charge in [0.15, 0.2) is 0 Å². The van der Waals surface area contributed by atoms with Crippen LogP contribution < -0.4 is 10.6 Å². The molecule has 1 aromatic rings. The van der Waals surface area contributed by atoms with E-state index >= 15 is 0 Å². The normalized spacial score (nSPS) is 10.9. The SMILES string of the molecule is Cc1ccc(Cl)cc1NC(=O)NC(C)(C)C(=O)O. The smallest absolute Gasteiger partial charge is 0.328 e. The van der Waals surface area contributed by atoms with Gasteiger partial charge in [0.2, 0.25) is 0 Å². The second kappa shape index (κ2) is 5.27. The predicted octanol–water partition coefficient (Wildman–Crippen LogP) is 2.63. The number of rotatable bonds is 3. The number of aliphatic carboxylic acids is 1. The molecule has 0 spiro atoms. The molecule has 2 amide bonds. The lowest BCUT2D eigenvalue weighted by Crippen LogP contribution is -2.51. The molecule has 6 heteroatoms. The fourth-order valence-electron chi connectivity index (χ4n) is 1.22. The number of nitrogens with one attached hydrogen (secondary N) is 2. The molecular formula is C12H15ClN2O3. The summed E-state index contributed by atoms with van der Waals surface area (Å²) in [5.74, 6) is -1.11. The van der Waals surface area contributed by atoms with Crippen LogP contribution in [0, 0.1) is 6.92 Å². The molecule has 0 aliphatic carbocycles. The molecule has 5 nitrogen and oxygen atoms in total. The number of carboxylic acids is 1. The van der Waals surface area contributed by atoms with Gasteiger partial charge in [-0.25, -0.2) is 9.59 Å². The zero-order valence-electron chi connectivity index (χ0n) is 10.4. The first-order valence-corrected chi connectivity index (χ1v) is 5.69. The maximum absolute atomic E-state index is 11.7. The Kier molecular flexibility index (Phi) is 4.19. The second-order valence-corrected chi connectivity index (χ2v) is 4.90. The maximum Gasteiger partial charge on any atom is 0.328 e. The molecular weight excluding hydrogens is 256 g/mol. The minimum absolute atomic E-state index is 0.494. The Labute approximate surface area is 110 Å². The van der Waals surface area contributed by atoms with Crippen molar-refractivity contribution in [2.24, 2.45) is 0 Å². The van der Waals surface area contributed by atoms with E-state index in [1.165, 1.54) is 13.8 Å². The lowest BCUT2D eigenvalue weighted by Gasteiger charge is -2.21. The summed E-state index contributed by atoms with van der Waals surface area (Å²) in [5, 5.41) is 14.3. The first-order valence-electron chi connectivity index (χ1n) is 5.31. The monoisotopic (exact) mass is 270 g/mol. The van der Waals surface area contributed by atoms with E-state index in [2.05, 4.69) is 10.6 Å². The van der Waals surface area contributed by atoms with Gasteiger partial charge < -0.3 is 15.7 Å². The summed E-state index contributed by atoms with van der Waals surface area (Å²) < 4.78 is 0. The number of urea groups is 1. The van der Waals surface area contributed by atoms with Gasteiger partial charge in [0.25, 0.3) is 0 Å². The molecule has 0 saturated carbocycles. The van der Waals surface area contributed by atoms with Crippen molar-refractivity contribution < 1.29 is 14.7 Å². The molecule has 0 saturated heterocycles. The van der Waals surface area contributed by atoms with Gasteiger partial charge in [-0.3, -0.25) is 0 Å². The average molecular weight is 271 g/mol. The molecule has 0 aliphatic rings. The van der Waals surface area contributed by atoms with Crippen LogP contribution in [0.3, 0.4) is 0 Å². The Balaban J connectivity index is 2.77. The third kappa shape index (κ3) is 3.63. The summed E-state index contributed by atoms with van der Waals surface area (Å²) in [4.78, 5) is 22.5. The highest BCUT2D eigenvalue weighted by Crippen LogP contribution is 2.20. The molecule has 0 radical (unpaired) electrons. The molecule has 0 aliphatic heterocycles. The highest BCUT2D eigenvalue weighted by atomic mass is 35.5. The molecule has 0 bridgehead atoms. The molecule has 18 heavy (non-hydrogen) atoms. The summed E-state index contributed by atoms with van der Waals surface area (Å²) in [6.07, 6.45) is 0. The molecule has 0 aromatic heterocycles. The number of amides is 2. The lowest BCUT2D eigenvalue weighted by molar-refractivity contribution is -0.142. The molecule has 1 aromatic carbocycles. The average Bonchev–Trinajstić information content (AvgIpc) is 2.22. The predicted molar refractivity (Wildman–Crippen MR) is 70.1 cm³/mol. The fraction of sp³-hybridized carbons (Fsp3) is 0.333. The van der Waals surface area contributed by atoms with Crippen LogP contribution >= 0.6 is 11.6 Å². The fourth-order valence-corrected chi connectivity index (χ4v) is 1.39. The Morgan fingerprint density at radius 3 is 2.50 bits per heavy atom. The van der Waals surface area contributed by atoms with Crippen molar-refractivity contribution in [1.29, 1.82) is 0 Å². The van der Waals surface area contributed by atoms with E-state index in [-0.39, 0.29) is 0 Å². The molecule has 0 atom stereocenters. The van der Waals surface area contributed by atoms with Crippen molar-refractivity contribution in [3.63, 3.8) is 0 Å². The van der Waals surface area contributed by atoms with Crippen molar-refractivity contribution in [3.8, 4) is 0 Å². The number of halogens is 1. The first kappa shape index (κ1) is 14.3. The highest BCUT2D eigenvalue weighted by Gasteiger charge is 2.28. The van der Waals surface area contributed by atoms with E-state index in [9.17, 15) is 9.59 Å². The van der Waals surface area contributed by atoms with E-state index in [1.807, 2.05) is 6.92 Å². The summed E-state index contributed by atoms with van der Waals surface area (Å²) in [6.45, 7) is 4.62. The second-order valence-electron chi connectivity index (χ2n) is 4.47. The van der Waals surface area contributed by atoms with Crippen LogP contribution in [0.2, 0.25) is 5.02 Å². The Bertz CT molecular complexity index is 486. The quantitative estimate of drug-likeness (QED) is 0.790. The van der Waals surface area contributed by atoms with Crippen LogP contribution in [0.15, 0.2) is 18.2 Å². The standard InChI is InChI=1S/C12H15ClN2O3/c1-7-4-5-8(13)6-9(7)14-11(18)15-12(2,3)10(16)17/h4-6H,1-3H3,(H,16,17)(H2,14,15,18). The van der Waals surface area contributed by atoms with E-state index in [1.54, 1.807) is 18.2 Å². The number of hydrogen-bond donors (Lipinski definition) is 3. The molecule has 0 heterocycles. The van der Waals surface area contributed by atoms with Crippen molar-refractivity contribution in [1.82, 2.24) is 5.32 Å². The van der Waals surface area contributed by atoms with Gasteiger partial charge in [0, 0.05) is 10.7 Å². The largest absolute Gasteiger partial charge is 0.480 e. The van der Waals surface area contributed by atoms with Crippen molar-refractivity contribution in [2.45, 2.75) is 26.3 Å². The number of hydrogen-bond acceptors (Lipinski definition) is 2. The summed E-state index contributed by atoms with van der Waals surface area (Å²) in [7, 11) is 0. The van der Waals surface area contributed by atoms with Gasteiger partial charge in [-0.2, -0.15) is 0 Å². The van der Waals surface area contributed by atoms with Crippen LogP contribution in [-0.4, -0.2) is 22.6 Å². The summed E-state index contributed by atoms with van der Waals surface area (Å²) in [6, 6.07) is 4.49. The zero-order chi connectivity index (χ0) is 13.9. The van der Waals surface area contributed by atoms with Gasteiger partial charge in [0.1, 0.15) is 5.54 Å². The first-order chi connectivity index (χ1) is 8.22. The van der Waals surface area contributed by atoms with Gasteiger partial charge >= 0.3 is 12.0 Å². The zero-order valence-corrected chi connectivity index (χ0v) is 11.1. The molecule has 0 fully saturated rings. The van der Waals surface area contributed by atoms with Gasteiger partial charge in [-0.1, -0.05) is 17.7 Å². The van der Waals surface area contributed by atoms with Crippen molar-refractivity contribution in [2.75, 3.05) is 5.32 Å². The number of anilines is 1. The van der Waals surface area contributed by atoms with Crippen LogP contribution in [0.4, 0.5) is 10.5 Å². The van der Waals surface area contributed by atoms with E-state index in [0.29, 0.717) is 10.7 Å². The number of benzene rings is 1. The molecule has 3 N–H and O–H groups in total. The van der Waals surface area contributed by atoms with E-state index in [0.717, 1.165) is 5.56 Å². The number of carbonyl (C=O) groups excluding carboxylic acids is 1. The van der Waals surface area contributed by atoms with Crippen LogP contribution in [0.25, 0.3) is 0 Å². The topological polar surface area (TPSA) is 78.4 Å². The van der Waals surface area contributed by atoms with Crippen molar-refractivity contribution >= 4 is 29.3 Å². The van der Waals surface area contributed by atoms with Gasteiger partial charge in [0.05, 0.1) is 0 Å². The minimum Gasteiger partial charge on any atom is -0.480 e. The molecule has 0 unspecified atom stereocenters. The number of carboxylic acid groups (broad SMARTS) is 1. The van der Waals surface area contributed by atoms with Gasteiger partial charge in [-0.05, 0) is 38.5 Å². The third-order valence-electron chi connectivity index (χ3n) is 2.41. The lowest BCUT2D eigenvalue weighted by atomic mass is 10.1. The Morgan fingerprint density at radius 1 is 1.33 bits per heavy atom. The minimum atomic E-state index is -1.34. The van der Waals surface area contributed by atoms with E-state index in [4.69, 9.17) is 16.7 Å². The highest BCUT2D eigenvalue weighted by molar-refractivity contribution is 6.31.